The molecule has 1 aliphatic rings. The Morgan fingerprint density at radius 3 is 2.73 bits per heavy atom. The van der Waals surface area contributed by atoms with E-state index in [2.05, 4.69) is 15.5 Å². The number of aromatic nitrogens is 3. The molecule has 0 spiro atoms. The van der Waals surface area contributed by atoms with Crippen molar-refractivity contribution in [2.75, 3.05) is 6.54 Å². The van der Waals surface area contributed by atoms with Gasteiger partial charge in [-0.2, -0.15) is 5.10 Å². The van der Waals surface area contributed by atoms with Gasteiger partial charge in [0.25, 0.3) is 5.91 Å². The number of nitrogens with one attached hydrogen (secondary N) is 1. The fourth-order valence-electron chi connectivity index (χ4n) is 2.81. The fourth-order valence-corrected chi connectivity index (χ4v) is 2.81. The molecule has 0 unspecified atom stereocenters. The molecule has 2 heterocycles. The van der Waals surface area contributed by atoms with E-state index in [4.69, 9.17) is 4.74 Å². The molecule has 1 saturated carbocycles. The number of hydrazine groups is 1. The van der Waals surface area contributed by atoms with Gasteiger partial charge in [0.2, 0.25) is 0 Å². The Hall–Kier alpha value is -2.64. The van der Waals surface area contributed by atoms with Crippen molar-refractivity contribution < 1.29 is 14.3 Å². The first-order valence-electron chi connectivity index (χ1n) is 8.85. The van der Waals surface area contributed by atoms with Gasteiger partial charge >= 0.3 is 6.09 Å². The standard InChI is InChI=1S/C18H25N5O3/c1-12-14(10-19-15-8-9-20-23(12)15)16(24)21-22(11-13-6-5-7-13)17(25)26-18(2,3)4/h8-10,13H,5-7,11H2,1-4H3,(H,21,24). The molecular formula is C18H25N5O3. The van der Waals surface area contributed by atoms with Crippen LogP contribution >= 0.6 is 0 Å². The second-order valence-corrected chi connectivity index (χ2v) is 7.69. The van der Waals surface area contributed by atoms with Crippen molar-refractivity contribution in [1.82, 2.24) is 25.0 Å². The Morgan fingerprint density at radius 1 is 1.38 bits per heavy atom. The van der Waals surface area contributed by atoms with Crippen LogP contribution in [0.25, 0.3) is 5.65 Å². The zero-order valence-electron chi connectivity index (χ0n) is 15.7. The van der Waals surface area contributed by atoms with E-state index in [1.807, 2.05) is 0 Å². The molecule has 26 heavy (non-hydrogen) atoms. The van der Waals surface area contributed by atoms with Gasteiger partial charge in [0, 0.05) is 18.8 Å². The highest BCUT2D eigenvalue weighted by Crippen LogP contribution is 2.27. The number of hydrogen-bond donors (Lipinski definition) is 1. The summed E-state index contributed by atoms with van der Waals surface area (Å²) in [5.74, 6) is -0.0202. The monoisotopic (exact) mass is 359 g/mol. The third kappa shape index (κ3) is 3.95. The van der Waals surface area contributed by atoms with Gasteiger partial charge in [-0.25, -0.2) is 19.3 Å². The summed E-state index contributed by atoms with van der Waals surface area (Å²) < 4.78 is 7.03. The third-order valence-electron chi connectivity index (χ3n) is 4.42. The quantitative estimate of drug-likeness (QED) is 0.851. The summed E-state index contributed by atoms with van der Waals surface area (Å²) in [6.07, 6.45) is 5.83. The van der Waals surface area contributed by atoms with E-state index in [-0.39, 0.29) is 0 Å². The Morgan fingerprint density at radius 2 is 2.12 bits per heavy atom. The number of fused-ring (bicyclic) bond motifs is 1. The molecule has 1 fully saturated rings. The maximum absolute atomic E-state index is 12.8. The lowest BCUT2D eigenvalue weighted by atomic mass is 9.85. The number of carbonyl (C=O) groups is 2. The molecule has 0 saturated heterocycles. The zero-order chi connectivity index (χ0) is 18.9. The number of nitrogens with zero attached hydrogens (tertiary/aromatic N) is 4. The molecule has 140 valence electrons. The van der Waals surface area contributed by atoms with Crippen LogP contribution in [0.15, 0.2) is 18.5 Å². The van der Waals surface area contributed by atoms with Crippen LogP contribution in [0.2, 0.25) is 0 Å². The second kappa shape index (κ2) is 6.93. The van der Waals surface area contributed by atoms with Gasteiger partial charge in [-0.3, -0.25) is 10.2 Å². The predicted molar refractivity (Wildman–Crippen MR) is 95.5 cm³/mol. The van der Waals surface area contributed by atoms with Crippen LogP contribution < -0.4 is 5.43 Å². The number of hydrogen-bond acceptors (Lipinski definition) is 5. The molecule has 0 radical (unpaired) electrons. The maximum Gasteiger partial charge on any atom is 0.429 e. The highest BCUT2D eigenvalue weighted by Gasteiger charge is 2.29. The molecule has 3 rings (SSSR count). The van der Waals surface area contributed by atoms with Crippen molar-refractivity contribution >= 4 is 17.6 Å². The maximum atomic E-state index is 12.8. The van der Waals surface area contributed by atoms with E-state index >= 15 is 0 Å². The van der Waals surface area contributed by atoms with Crippen LogP contribution in [0.4, 0.5) is 4.79 Å². The molecule has 2 aromatic rings. The number of ether oxygens (including phenoxy) is 1. The van der Waals surface area contributed by atoms with Gasteiger partial charge in [-0.15, -0.1) is 0 Å². The van der Waals surface area contributed by atoms with Gasteiger partial charge in [0.05, 0.1) is 17.5 Å². The van der Waals surface area contributed by atoms with Crippen LogP contribution in [0.1, 0.15) is 56.1 Å². The van der Waals surface area contributed by atoms with Crippen LogP contribution in [0.5, 0.6) is 0 Å². The Kier molecular flexibility index (Phi) is 4.84. The average Bonchev–Trinajstić information content (AvgIpc) is 2.97. The van der Waals surface area contributed by atoms with E-state index in [0.717, 1.165) is 19.3 Å². The summed E-state index contributed by atoms with van der Waals surface area (Å²) in [5.41, 5.74) is 3.74. The lowest BCUT2D eigenvalue weighted by Crippen LogP contribution is -2.51. The van der Waals surface area contributed by atoms with Crippen LogP contribution in [-0.2, 0) is 4.74 Å². The van der Waals surface area contributed by atoms with Crippen molar-refractivity contribution in [1.29, 1.82) is 0 Å². The minimum absolute atomic E-state index is 0.364. The van der Waals surface area contributed by atoms with Crippen LogP contribution in [0, 0.1) is 12.8 Å². The predicted octanol–water partition coefficient (Wildman–Crippen LogP) is 2.72. The highest BCUT2D eigenvalue weighted by molar-refractivity contribution is 5.95. The van der Waals surface area contributed by atoms with Crippen molar-refractivity contribution in [2.24, 2.45) is 5.92 Å². The summed E-state index contributed by atoms with van der Waals surface area (Å²) in [4.78, 5) is 29.5. The summed E-state index contributed by atoms with van der Waals surface area (Å²) in [6, 6.07) is 1.76. The first-order chi connectivity index (χ1) is 12.2. The van der Waals surface area contributed by atoms with Crippen LogP contribution in [-0.4, -0.2) is 43.8 Å². The Labute approximate surface area is 152 Å². The molecule has 0 aliphatic heterocycles. The molecule has 2 amide bonds. The molecule has 8 heteroatoms. The van der Waals surface area contributed by atoms with Gasteiger partial charge in [-0.05, 0) is 46.5 Å². The third-order valence-corrected chi connectivity index (χ3v) is 4.42. The smallest absolute Gasteiger partial charge is 0.429 e. The lowest BCUT2D eigenvalue weighted by molar-refractivity contribution is 0.00639. The van der Waals surface area contributed by atoms with Crippen molar-refractivity contribution in [3.63, 3.8) is 0 Å². The van der Waals surface area contributed by atoms with Crippen molar-refractivity contribution in [3.8, 4) is 0 Å². The van der Waals surface area contributed by atoms with Crippen LogP contribution in [0.3, 0.4) is 0 Å². The minimum Gasteiger partial charge on any atom is -0.442 e. The largest absolute Gasteiger partial charge is 0.442 e. The molecule has 2 aromatic heterocycles. The van der Waals surface area contributed by atoms with E-state index in [9.17, 15) is 9.59 Å². The lowest BCUT2D eigenvalue weighted by Gasteiger charge is -2.33. The Bertz CT molecular complexity index is 820. The highest BCUT2D eigenvalue weighted by atomic mass is 16.6. The SMILES string of the molecule is Cc1c(C(=O)NN(CC2CCC2)C(=O)OC(C)(C)C)cnc2ccnn12. The van der Waals surface area contributed by atoms with Gasteiger partial charge in [-0.1, -0.05) is 6.42 Å². The number of carbonyl (C=O) groups excluding carboxylic acids is 2. The molecule has 0 bridgehead atoms. The number of rotatable bonds is 3. The van der Waals surface area contributed by atoms with Gasteiger partial charge in [0.1, 0.15) is 5.60 Å². The van der Waals surface area contributed by atoms with E-state index in [0.29, 0.717) is 29.4 Å². The number of amides is 2. The molecule has 0 atom stereocenters. The van der Waals surface area contributed by atoms with Crippen molar-refractivity contribution in [3.05, 3.63) is 29.7 Å². The summed E-state index contributed by atoms with van der Waals surface area (Å²) in [7, 11) is 0. The zero-order valence-corrected chi connectivity index (χ0v) is 15.7. The van der Waals surface area contributed by atoms with E-state index < -0.39 is 17.6 Å². The minimum atomic E-state index is -0.634. The van der Waals surface area contributed by atoms with Gasteiger partial charge < -0.3 is 4.74 Å². The first-order valence-corrected chi connectivity index (χ1v) is 8.85. The molecule has 0 aromatic carbocycles. The normalized spacial score (nSPS) is 14.8. The summed E-state index contributed by atoms with van der Waals surface area (Å²) >= 11 is 0. The fraction of sp³-hybridized carbons (Fsp3) is 0.556. The van der Waals surface area contributed by atoms with E-state index in [1.165, 1.54) is 11.2 Å². The molecular weight excluding hydrogens is 334 g/mol. The molecule has 1 aliphatic carbocycles. The number of aryl methyl sites for hydroxylation is 1. The summed E-state index contributed by atoms with van der Waals surface area (Å²) in [6.45, 7) is 7.63. The molecule has 1 N–H and O–H groups in total. The first kappa shape index (κ1) is 18.2. The van der Waals surface area contributed by atoms with Gasteiger partial charge in [0.15, 0.2) is 5.65 Å². The second-order valence-electron chi connectivity index (χ2n) is 7.69. The molecule has 8 nitrogen and oxygen atoms in total. The van der Waals surface area contributed by atoms with E-state index in [1.54, 1.807) is 44.5 Å². The summed E-state index contributed by atoms with van der Waals surface area (Å²) in [5, 5.41) is 5.45. The average molecular weight is 359 g/mol. The topological polar surface area (TPSA) is 88.8 Å². The Balaban J connectivity index is 1.78. The van der Waals surface area contributed by atoms with Crippen molar-refractivity contribution in [2.45, 2.75) is 52.6 Å².